The molecule has 0 saturated carbocycles. The highest BCUT2D eigenvalue weighted by molar-refractivity contribution is 5.97. The first-order valence-corrected chi connectivity index (χ1v) is 6.17. The van der Waals surface area contributed by atoms with E-state index in [2.05, 4.69) is 20.1 Å². The van der Waals surface area contributed by atoms with Gasteiger partial charge in [-0.15, -0.1) is 0 Å². The van der Waals surface area contributed by atoms with Crippen LogP contribution in [0, 0.1) is 0 Å². The Kier molecular flexibility index (Phi) is 2.23. The molecule has 0 bridgehead atoms. The number of ether oxygens (including phenoxy) is 1. The van der Waals surface area contributed by atoms with Crippen LogP contribution in [0.4, 0.5) is 0 Å². The zero-order chi connectivity index (χ0) is 13.5. The first kappa shape index (κ1) is 11.0. The van der Waals surface area contributed by atoms with Gasteiger partial charge >= 0.3 is 0 Å². The van der Waals surface area contributed by atoms with Gasteiger partial charge in [0.05, 0.1) is 18.2 Å². The number of imidazole rings is 1. The number of hydrogen-bond acceptors (Lipinski definition) is 4. The van der Waals surface area contributed by atoms with Gasteiger partial charge in [-0.1, -0.05) is 0 Å². The van der Waals surface area contributed by atoms with Crippen molar-refractivity contribution >= 4 is 16.7 Å². The molecule has 4 rings (SSSR count). The Labute approximate surface area is 114 Å². The fraction of sp³-hybridized carbons (Fsp3) is 0.0714. The van der Waals surface area contributed by atoms with Gasteiger partial charge in [0.25, 0.3) is 0 Å². The summed E-state index contributed by atoms with van der Waals surface area (Å²) in [4.78, 5) is 11.6. The monoisotopic (exact) mass is 265 g/mol. The summed E-state index contributed by atoms with van der Waals surface area (Å²) >= 11 is 0. The van der Waals surface area contributed by atoms with Crippen molar-refractivity contribution in [3.8, 4) is 17.0 Å². The van der Waals surface area contributed by atoms with Crippen LogP contribution in [0.5, 0.6) is 5.75 Å². The average Bonchev–Trinajstić information content (AvgIpc) is 3.12. The molecule has 0 spiro atoms. The zero-order valence-corrected chi connectivity index (χ0v) is 10.7. The van der Waals surface area contributed by atoms with Gasteiger partial charge in [-0.05, 0) is 18.2 Å². The van der Waals surface area contributed by atoms with E-state index < -0.39 is 0 Å². The molecular weight excluding hydrogens is 254 g/mol. The second kappa shape index (κ2) is 4.06. The lowest BCUT2D eigenvalue weighted by molar-refractivity contribution is 0.419. The number of rotatable bonds is 2. The highest BCUT2D eigenvalue weighted by Gasteiger charge is 2.13. The van der Waals surface area contributed by atoms with Crippen LogP contribution in [0.2, 0.25) is 0 Å². The summed E-state index contributed by atoms with van der Waals surface area (Å²) in [5, 5.41) is 5.49. The Morgan fingerprint density at radius 2 is 2.10 bits per heavy atom. The van der Waals surface area contributed by atoms with Crippen molar-refractivity contribution in [2.45, 2.75) is 0 Å². The lowest BCUT2D eigenvalue weighted by atomic mass is 10.1. The molecule has 0 aliphatic carbocycles. The number of H-pyrrole nitrogens is 1. The molecule has 0 amide bonds. The van der Waals surface area contributed by atoms with Crippen molar-refractivity contribution in [2.24, 2.45) is 0 Å². The number of nitrogens with zero attached hydrogens (tertiary/aromatic N) is 4. The SMILES string of the molecule is COc1ccnc2[nH]cc(-c3ccc4nccn4n3)c12. The van der Waals surface area contributed by atoms with Gasteiger partial charge < -0.3 is 9.72 Å². The summed E-state index contributed by atoms with van der Waals surface area (Å²) in [7, 11) is 1.65. The lowest BCUT2D eigenvalue weighted by Crippen LogP contribution is -1.93. The number of pyridine rings is 1. The Balaban J connectivity index is 2.01. The van der Waals surface area contributed by atoms with E-state index in [4.69, 9.17) is 4.74 Å². The molecule has 4 aromatic heterocycles. The van der Waals surface area contributed by atoms with Gasteiger partial charge in [-0.25, -0.2) is 14.5 Å². The topological polar surface area (TPSA) is 68.1 Å². The summed E-state index contributed by atoms with van der Waals surface area (Å²) in [6.45, 7) is 0. The van der Waals surface area contributed by atoms with E-state index in [0.717, 1.165) is 33.7 Å². The summed E-state index contributed by atoms with van der Waals surface area (Å²) in [5.74, 6) is 0.777. The summed E-state index contributed by atoms with van der Waals surface area (Å²) in [6, 6.07) is 5.72. The predicted molar refractivity (Wildman–Crippen MR) is 74.6 cm³/mol. The van der Waals surface area contributed by atoms with E-state index in [9.17, 15) is 0 Å². The molecule has 4 aromatic rings. The van der Waals surface area contributed by atoms with Gasteiger partial charge in [-0.2, -0.15) is 5.10 Å². The highest BCUT2D eigenvalue weighted by atomic mass is 16.5. The maximum Gasteiger partial charge on any atom is 0.153 e. The minimum atomic E-state index is 0.777. The molecular formula is C14H11N5O. The maximum absolute atomic E-state index is 5.41. The fourth-order valence-corrected chi connectivity index (χ4v) is 2.36. The molecule has 6 nitrogen and oxygen atoms in total. The van der Waals surface area contributed by atoms with Crippen LogP contribution < -0.4 is 4.74 Å². The van der Waals surface area contributed by atoms with E-state index in [1.165, 1.54) is 0 Å². The van der Waals surface area contributed by atoms with Gasteiger partial charge in [0.15, 0.2) is 5.65 Å². The predicted octanol–water partition coefficient (Wildman–Crippen LogP) is 2.28. The molecule has 0 saturated heterocycles. The normalized spacial score (nSPS) is 11.2. The molecule has 0 fully saturated rings. The summed E-state index contributed by atoms with van der Waals surface area (Å²) in [5.41, 5.74) is 3.40. The van der Waals surface area contributed by atoms with Crippen molar-refractivity contribution < 1.29 is 4.74 Å². The van der Waals surface area contributed by atoms with Crippen LogP contribution in [0.15, 0.2) is 43.0 Å². The summed E-state index contributed by atoms with van der Waals surface area (Å²) in [6.07, 6.45) is 7.16. The van der Waals surface area contributed by atoms with Crippen LogP contribution in [-0.2, 0) is 0 Å². The van der Waals surface area contributed by atoms with E-state index in [-0.39, 0.29) is 0 Å². The van der Waals surface area contributed by atoms with Crippen LogP contribution in [-0.4, -0.2) is 31.7 Å². The Bertz CT molecular complexity index is 908. The molecule has 0 aliphatic heterocycles. The minimum absolute atomic E-state index is 0.777. The van der Waals surface area contributed by atoms with Crippen molar-refractivity contribution in [3.05, 3.63) is 43.0 Å². The Morgan fingerprint density at radius 3 is 3.00 bits per heavy atom. The third-order valence-corrected chi connectivity index (χ3v) is 3.29. The van der Waals surface area contributed by atoms with Gasteiger partial charge in [0.2, 0.25) is 0 Å². The third kappa shape index (κ3) is 1.48. The molecule has 0 aromatic carbocycles. The molecule has 0 radical (unpaired) electrons. The Morgan fingerprint density at radius 1 is 1.15 bits per heavy atom. The highest BCUT2D eigenvalue weighted by Crippen LogP contribution is 2.33. The molecule has 20 heavy (non-hydrogen) atoms. The number of nitrogens with one attached hydrogen (secondary N) is 1. The first-order chi connectivity index (χ1) is 9.86. The number of hydrogen-bond donors (Lipinski definition) is 1. The van der Waals surface area contributed by atoms with Crippen molar-refractivity contribution in [3.63, 3.8) is 0 Å². The Hall–Kier alpha value is -2.89. The molecule has 4 heterocycles. The second-order valence-electron chi connectivity index (χ2n) is 4.39. The third-order valence-electron chi connectivity index (χ3n) is 3.29. The molecule has 6 heteroatoms. The van der Waals surface area contributed by atoms with E-state index in [0.29, 0.717) is 0 Å². The van der Waals surface area contributed by atoms with E-state index in [1.54, 1.807) is 24.0 Å². The van der Waals surface area contributed by atoms with Crippen LogP contribution >= 0.6 is 0 Å². The number of aromatic nitrogens is 5. The largest absolute Gasteiger partial charge is 0.496 e. The number of fused-ring (bicyclic) bond motifs is 2. The van der Waals surface area contributed by atoms with Crippen LogP contribution in [0.25, 0.3) is 27.9 Å². The number of methoxy groups -OCH3 is 1. The van der Waals surface area contributed by atoms with Crippen LogP contribution in [0.3, 0.4) is 0 Å². The first-order valence-electron chi connectivity index (χ1n) is 6.17. The van der Waals surface area contributed by atoms with Crippen molar-refractivity contribution in [1.29, 1.82) is 0 Å². The van der Waals surface area contributed by atoms with Crippen molar-refractivity contribution in [2.75, 3.05) is 7.11 Å². The maximum atomic E-state index is 5.41. The zero-order valence-electron chi connectivity index (χ0n) is 10.7. The molecule has 1 N–H and O–H groups in total. The quantitative estimate of drug-likeness (QED) is 0.603. The minimum Gasteiger partial charge on any atom is -0.496 e. The fourth-order valence-electron chi connectivity index (χ4n) is 2.36. The van der Waals surface area contributed by atoms with Gasteiger partial charge in [-0.3, -0.25) is 0 Å². The summed E-state index contributed by atoms with van der Waals surface area (Å²) < 4.78 is 7.16. The smallest absolute Gasteiger partial charge is 0.153 e. The second-order valence-corrected chi connectivity index (χ2v) is 4.39. The molecule has 0 aliphatic rings. The van der Waals surface area contributed by atoms with Gasteiger partial charge in [0.1, 0.15) is 11.4 Å². The van der Waals surface area contributed by atoms with Gasteiger partial charge in [0, 0.05) is 30.4 Å². The number of aromatic amines is 1. The van der Waals surface area contributed by atoms with E-state index >= 15 is 0 Å². The van der Waals surface area contributed by atoms with Crippen LogP contribution in [0.1, 0.15) is 0 Å². The van der Waals surface area contributed by atoms with Crippen molar-refractivity contribution in [1.82, 2.24) is 24.6 Å². The standard InChI is InChI=1S/C14H11N5O/c1-20-11-4-5-16-14-13(11)9(8-17-14)10-2-3-12-15-6-7-19(12)18-10/h2-8H,1H3,(H,16,17). The molecule has 98 valence electrons. The molecule has 0 unspecified atom stereocenters. The molecule has 0 atom stereocenters. The average molecular weight is 265 g/mol. The van der Waals surface area contributed by atoms with E-state index in [1.807, 2.05) is 30.6 Å². The lowest BCUT2D eigenvalue weighted by Gasteiger charge is -2.04.